The zero-order valence-corrected chi connectivity index (χ0v) is 9.63. The molecule has 0 spiro atoms. The Morgan fingerprint density at radius 1 is 1.29 bits per heavy atom. The third-order valence-corrected chi connectivity index (χ3v) is 1.97. The molecule has 0 aliphatic heterocycles. The molecule has 2 aromatic rings. The summed E-state index contributed by atoms with van der Waals surface area (Å²) < 4.78 is 10.1. The van der Waals surface area contributed by atoms with Crippen molar-refractivity contribution in [3.05, 3.63) is 22.2 Å². The number of nitro groups is 1. The number of rotatable bonds is 2. The first-order valence-corrected chi connectivity index (χ1v) is 4.97. The average Bonchev–Trinajstić information content (AvgIpc) is 2.63. The first kappa shape index (κ1) is 11.3. The van der Waals surface area contributed by atoms with Crippen LogP contribution in [0.4, 0.5) is 5.69 Å². The summed E-state index contributed by atoms with van der Waals surface area (Å²) >= 11 is 0. The zero-order valence-electron chi connectivity index (χ0n) is 9.63. The van der Waals surface area contributed by atoms with Gasteiger partial charge in [-0.1, -0.05) is 0 Å². The fraction of sp³-hybridized carbons (Fsp3) is 0.400. The maximum absolute atomic E-state index is 10.8. The van der Waals surface area contributed by atoms with Gasteiger partial charge in [-0.15, -0.1) is 0 Å². The summed E-state index contributed by atoms with van der Waals surface area (Å²) in [7, 11) is 0. The molecule has 1 aromatic heterocycles. The van der Waals surface area contributed by atoms with E-state index in [-0.39, 0.29) is 16.7 Å². The number of aromatic nitrogens is 2. The molecular formula is C10H11N3O4. The van der Waals surface area contributed by atoms with Crippen LogP contribution in [-0.2, 0) is 0 Å². The van der Waals surface area contributed by atoms with Crippen LogP contribution in [-0.4, -0.2) is 20.8 Å². The lowest BCUT2D eigenvalue weighted by Gasteiger charge is -2.20. The van der Waals surface area contributed by atoms with E-state index in [1.807, 2.05) is 20.8 Å². The summed E-state index contributed by atoms with van der Waals surface area (Å²) in [5.41, 5.74) is -0.226. The summed E-state index contributed by atoms with van der Waals surface area (Å²) in [6.45, 7) is 5.61. The number of hydrogen-bond donors (Lipinski definition) is 0. The van der Waals surface area contributed by atoms with Crippen molar-refractivity contribution in [3.8, 4) is 5.75 Å². The molecule has 0 bridgehead atoms. The Kier molecular flexibility index (Phi) is 2.45. The lowest BCUT2D eigenvalue weighted by atomic mass is 10.2. The fourth-order valence-corrected chi connectivity index (χ4v) is 1.39. The lowest BCUT2D eigenvalue weighted by Crippen LogP contribution is -2.23. The SMILES string of the molecule is CC(C)(C)Oc1ccc([N+](=O)[O-])c2nonc12. The first-order chi connectivity index (χ1) is 7.88. The van der Waals surface area contributed by atoms with E-state index in [0.29, 0.717) is 5.75 Å². The molecule has 0 aliphatic carbocycles. The van der Waals surface area contributed by atoms with Crippen LogP contribution >= 0.6 is 0 Å². The molecule has 0 saturated carbocycles. The van der Waals surface area contributed by atoms with Gasteiger partial charge < -0.3 is 4.74 Å². The second-order valence-corrected chi connectivity index (χ2v) is 4.52. The molecule has 0 saturated heterocycles. The lowest BCUT2D eigenvalue weighted by molar-refractivity contribution is -0.383. The Balaban J connectivity index is 2.57. The van der Waals surface area contributed by atoms with Crippen LogP contribution in [0.1, 0.15) is 20.8 Å². The molecule has 0 atom stereocenters. The molecule has 90 valence electrons. The van der Waals surface area contributed by atoms with Crippen molar-refractivity contribution in [2.75, 3.05) is 0 Å². The van der Waals surface area contributed by atoms with E-state index in [9.17, 15) is 10.1 Å². The van der Waals surface area contributed by atoms with Gasteiger partial charge in [0.1, 0.15) is 5.60 Å². The van der Waals surface area contributed by atoms with Crippen molar-refractivity contribution < 1.29 is 14.3 Å². The molecule has 0 amide bonds. The number of nitrogens with zero attached hydrogens (tertiary/aromatic N) is 3. The van der Waals surface area contributed by atoms with E-state index in [0.717, 1.165) is 0 Å². The van der Waals surface area contributed by atoms with Crippen molar-refractivity contribution in [2.24, 2.45) is 0 Å². The quantitative estimate of drug-likeness (QED) is 0.587. The smallest absolute Gasteiger partial charge is 0.301 e. The molecule has 0 unspecified atom stereocenters. The van der Waals surface area contributed by atoms with Gasteiger partial charge in [-0.3, -0.25) is 10.1 Å². The summed E-state index contributed by atoms with van der Waals surface area (Å²) in [5.74, 6) is 0.416. The van der Waals surface area contributed by atoms with E-state index < -0.39 is 10.5 Å². The van der Waals surface area contributed by atoms with Crippen molar-refractivity contribution in [2.45, 2.75) is 26.4 Å². The average molecular weight is 237 g/mol. The van der Waals surface area contributed by atoms with Gasteiger partial charge in [-0.2, -0.15) is 0 Å². The van der Waals surface area contributed by atoms with Crippen molar-refractivity contribution >= 4 is 16.7 Å². The number of non-ortho nitro benzene ring substituents is 1. The maximum atomic E-state index is 10.8. The van der Waals surface area contributed by atoms with Gasteiger partial charge in [0.25, 0.3) is 0 Å². The van der Waals surface area contributed by atoms with Gasteiger partial charge in [0.05, 0.1) is 4.92 Å². The Labute approximate surface area is 96.5 Å². The van der Waals surface area contributed by atoms with Crippen LogP contribution in [0.25, 0.3) is 11.0 Å². The van der Waals surface area contributed by atoms with E-state index >= 15 is 0 Å². The van der Waals surface area contributed by atoms with E-state index in [1.54, 1.807) is 0 Å². The van der Waals surface area contributed by atoms with Crippen LogP contribution in [0, 0.1) is 10.1 Å². The molecule has 7 nitrogen and oxygen atoms in total. The molecule has 0 fully saturated rings. The van der Waals surface area contributed by atoms with Gasteiger partial charge in [0.15, 0.2) is 11.3 Å². The summed E-state index contributed by atoms with van der Waals surface area (Å²) in [4.78, 5) is 10.2. The largest absolute Gasteiger partial charge is 0.486 e. The molecule has 2 rings (SSSR count). The van der Waals surface area contributed by atoms with Gasteiger partial charge in [0.2, 0.25) is 5.52 Å². The highest BCUT2D eigenvalue weighted by Crippen LogP contribution is 2.32. The Bertz CT molecular complexity index is 570. The minimum Gasteiger partial charge on any atom is -0.486 e. The number of hydrogen-bond acceptors (Lipinski definition) is 6. The maximum Gasteiger partial charge on any atom is 0.301 e. The Morgan fingerprint density at radius 3 is 2.53 bits per heavy atom. The van der Waals surface area contributed by atoms with Crippen LogP contribution in [0.2, 0.25) is 0 Å². The minimum atomic E-state index is -0.534. The number of fused-ring (bicyclic) bond motifs is 1. The fourth-order valence-electron chi connectivity index (χ4n) is 1.39. The molecule has 0 aliphatic rings. The Morgan fingerprint density at radius 2 is 1.94 bits per heavy atom. The highest BCUT2D eigenvalue weighted by Gasteiger charge is 2.22. The first-order valence-electron chi connectivity index (χ1n) is 4.97. The summed E-state index contributed by atoms with van der Waals surface area (Å²) in [5, 5.41) is 17.9. The topological polar surface area (TPSA) is 91.3 Å². The third-order valence-electron chi connectivity index (χ3n) is 1.97. The molecule has 0 N–H and O–H groups in total. The zero-order chi connectivity index (χ0) is 12.6. The van der Waals surface area contributed by atoms with Crippen LogP contribution < -0.4 is 4.74 Å². The normalized spacial score (nSPS) is 11.7. The molecule has 0 radical (unpaired) electrons. The molecule has 1 aromatic carbocycles. The van der Waals surface area contributed by atoms with Gasteiger partial charge in [-0.05, 0) is 37.2 Å². The van der Waals surface area contributed by atoms with E-state index in [1.165, 1.54) is 12.1 Å². The second kappa shape index (κ2) is 3.69. The predicted octanol–water partition coefficient (Wildman–Crippen LogP) is 2.31. The number of benzene rings is 1. The number of ether oxygens (including phenoxy) is 1. The van der Waals surface area contributed by atoms with Crippen molar-refractivity contribution in [3.63, 3.8) is 0 Å². The molecule has 17 heavy (non-hydrogen) atoms. The monoisotopic (exact) mass is 237 g/mol. The Hall–Kier alpha value is -2.18. The highest BCUT2D eigenvalue weighted by molar-refractivity contribution is 5.88. The molecule has 1 heterocycles. The molecule has 7 heteroatoms. The minimum absolute atomic E-state index is 0.0942. The van der Waals surface area contributed by atoms with Gasteiger partial charge >= 0.3 is 5.69 Å². The van der Waals surface area contributed by atoms with Crippen LogP contribution in [0.3, 0.4) is 0 Å². The summed E-state index contributed by atoms with van der Waals surface area (Å²) in [6, 6.07) is 2.82. The summed E-state index contributed by atoms with van der Waals surface area (Å²) in [6.07, 6.45) is 0. The van der Waals surface area contributed by atoms with Crippen LogP contribution in [0.15, 0.2) is 16.8 Å². The van der Waals surface area contributed by atoms with E-state index in [2.05, 4.69) is 14.9 Å². The van der Waals surface area contributed by atoms with E-state index in [4.69, 9.17) is 4.74 Å². The predicted molar refractivity (Wildman–Crippen MR) is 58.8 cm³/mol. The van der Waals surface area contributed by atoms with Crippen LogP contribution in [0.5, 0.6) is 5.75 Å². The molecular weight excluding hydrogens is 226 g/mol. The van der Waals surface area contributed by atoms with Crippen molar-refractivity contribution in [1.82, 2.24) is 10.3 Å². The van der Waals surface area contributed by atoms with Crippen molar-refractivity contribution in [1.29, 1.82) is 0 Å². The standard InChI is InChI=1S/C10H11N3O4/c1-10(2,3)16-7-5-4-6(13(14)15)8-9(7)12-17-11-8/h4-5H,1-3H3. The van der Waals surface area contributed by atoms with Gasteiger partial charge in [0, 0.05) is 6.07 Å². The highest BCUT2D eigenvalue weighted by atomic mass is 16.6. The number of nitro benzene ring substituents is 1. The van der Waals surface area contributed by atoms with Gasteiger partial charge in [-0.25, -0.2) is 4.63 Å². The third kappa shape index (κ3) is 2.17. The second-order valence-electron chi connectivity index (χ2n) is 4.52.